The molecule has 22 heavy (non-hydrogen) atoms. The van der Waals surface area contributed by atoms with Gasteiger partial charge in [0.15, 0.2) is 11.2 Å². The van der Waals surface area contributed by atoms with E-state index in [0.717, 1.165) is 25.9 Å². The molecule has 1 saturated heterocycles. The van der Waals surface area contributed by atoms with Gasteiger partial charge < -0.3 is 9.64 Å². The molecule has 1 atom stereocenters. The van der Waals surface area contributed by atoms with E-state index in [4.69, 9.17) is 40.2 Å². The number of likely N-dealkylation sites (tertiary alicyclic amines) is 1. The minimum atomic E-state index is -0.707. The van der Waals surface area contributed by atoms with E-state index in [1.54, 1.807) is 25.1 Å². The molecule has 0 radical (unpaired) electrons. The molecule has 0 spiro atoms. The number of carbonyl (C=O) groups excluding carboxylic acids is 1. The van der Waals surface area contributed by atoms with Crippen molar-refractivity contribution in [3.05, 3.63) is 28.2 Å². The van der Waals surface area contributed by atoms with E-state index in [2.05, 4.69) is 5.32 Å². The van der Waals surface area contributed by atoms with Crippen LogP contribution in [0.4, 0.5) is 0 Å². The van der Waals surface area contributed by atoms with E-state index in [1.807, 2.05) is 4.90 Å². The largest absolute Gasteiger partial charge is 0.479 e. The molecule has 4 nitrogen and oxygen atoms in total. The Labute approximate surface area is 145 Å². The number of benzene rings is 1. The van der Waals surface area contributed by atoms with Gasteiger partial charge >= 0.3 is 0 Å². The van der Waals surface area contributed by atoms with Gasteiger partial charge in [0.2, 0.25) is 0 Å². The molecule has 7 heteroatoms. The SMILES string of the molecule is CC(Oc1ccc(Cl)cc1Cl)C(=O)NC(=S)N1CCCCC1. The molecule has 1 aliphatic rings. The predicted molar refractivity (Wildman–Crippen MR) is 92.7 cm³/mol. The molecular formula is C15H18Cl2N2O2S. The van der Waals surface area contributed by atoms with Crippen molar-refractivity contribution in [2.24, 2.45) is 0 Å². The van der Waals surface area contributed by atoms with Crippen molar-refractivity contribution < 1.29 is 9.53 Å². The van der Waals surface area contributed by atoms with Gasteiger partial charge in [0.05, 0.1) is 5.02 Å². The van der Waals surface area contributed by atoms with Crippen LogP contribution < -0.4 is 10.1 Å². The van der Waals surface area contributed by atoms with Crippen molar-refractivity contribution in [3.8, 4) is 5.75 Å². The van der Waals surface area contributed by atoms with Crippen LogP contribution in [-0.4, -0.2) is 35.1 Å². The third-order valence-corrected chi connectivity index (χ3v) is 4.33. The Bertz CT molecular complexity index is 562. The molecule has 1 fully saturated rings. The van der Waals surface area contributed by atoms with Crippen LogP contribution in [0.25, 0.3) is 0 Å². The third-order valence-electron chi connectivity index (χ3n) is 3.44. The van der Waals surface area contributed by atoms with E-state index in [1.165, 1.54) is 6.42 Å². The highest BCUT2D eigenvalue weighted by Crippen LogP contribution is 2.28. The molecule has 0 aliphatic carbocycles. The van der Waals surface area contributed by atoms with Crippen molar-refractivity contribution in [1.29, 1.82) is 0 Å². The first-order valence-corrected chi connectivity index (χ1v) is 8.35. The second-order valence-electron chi connectivity index (χ2n) is 5.18. The number of piperidine rings is 1. The monoisotopic (exact) mass is 360 g/mol. The van der Waals surface area contributed by atoms with Gasteiger partial charge in [-0.3, -0.25) is 10.1 Å². The Balaban J connectivity index is 1.89. The fourth-order valence-corrected chi connectivity index (χ4v) is 2.93. The molecule has 1 aromatic carbocycles. The highest BCUT2D eigenvalue weighted by atomic mass is 35.5. The Morgan fingerprint density at radius 1 is 1.32 bits per heavy atom. The van der Waals surface area contributed by atoms with Crippen LogP contribution in [0.3, 0.4) is 0 Å². The maximum Gasteiger partial charge on any atom is 0.266 e. The maximum atomic E-state index is 12.2. The van der Waals surface area contributed by atoms with Gasteiger partial charge in [-0.2, -0.15) is 0 Å². The van der Waals surface area contributed by atoms with E-state index in [0.29, 0.717) is 20.9 Å². The molecule has 2 rings (SSSR count). The zero-order valence-electron chi connectivity index (χ0n) is 12.3. The molecule has 1 heterocycles. The summed E-state index contributed by atoms with van der Waals surface area (Å²) in [5.41, 5.74) is 0. The number of ether oxygens (including phenoxy) is 1. The molecule has 0 aromatic heterocycles. The van der Waals surface area contributed by atoms with Crippen molar-refractivity contribution >= 4 is 46.4 Å². The van der Waals surface area contributed by atoms with Gasteiger partial charge in [0.25, 0.3) is 5.91 Å². The number of hydrogen-bond donors (Lipinski definition) is 1. The zero-order valence-corrected chi connectivity index (χ0v) is 14.6. The fourth-order valence-electron chi connectivity index (χ4n) is 2.20. The summed E-state index contributed by atoms with van der Waals surface area (Å²) >= 11 is 17.1. The number of rotatable bonds is 3. The summed E-state index contributed by atoms with van der Waals surface area (Å²) in [6.07, 6.45) is 2.70. The molecule has 1 aliphatic heterocycles. The highest BCUT2D eigenvalue weighted by Gasteiger charge is 2.20. The summed E-state index contributed by atoms with van der Waals surface area (Å²) < 4.78 is 5.57. The summed E-state index contributed by atoms with van der Waals surface area (Å²) in [4.78, 5) is 14.2. The lowest BCUT2D eigenvalue weighted by molar-refractivity contribution is -0.125. The topological polar surface area (TPSA) is 41.6 Å². The first-order valence-electron chi connectivity index (χ1n) is 7.19. The van der Waals surface area contributed by atoms with E-state index in [-0.39, 0.29) is 5.91 Å². The molecule has 1 unspecified atom stereocenters. The summed E-state index contributed by atoms with van der Waals surface area (Å²) in [6, 6.07) is 4.87. The molecule has 0 saturated carbocycles. The summed E-state index contributed by atoms with van der Waals surface area (Å²) in [5.74, 6) is 0.124. The van der Waals surface area contributed by atoms with Gasteiger partial charge in [0, 0.05) is 18.1 Å². The molecule has 120 valence electrons. The zero-order chi connectivity index (χ0) is 16.1. The summed E-state index contributed by atoms with van der Waals surface area (Å²) in [5, 5.41) is 4.07. The maximum absolute atomic E-state index is 12.2. The van der Waals surface area contributed by atoms with Gasteiger partial charge in [-0.25, -0.2) is 0 Å². The Hall–Kier alpha value is -1.04. The van der Waals surface area contributed by atoms with Crippen LogP contribution in [0.15, 0.2) is 18.2 Å². The first kappa shape index (κ1) is 17.3. The number of halogens is 2. The number of nitrogens with zero attached hydrogens (tertiary/aromatic N) is 1. The van der Waals surface area contributed by atoms with Crippen LogP contribution in [0.1, 0.15) is 26.2 Å². The molecule has 1 N–H and O–H groups in total. The normalized spacial score (nSPS) is 16.0. The van der Waals surface area contributed by atoms with Crippen LogP contribution in [0, 0.1) is 0 Å². The predicted octanol–water partition coefficient (Wildman–Crippen LogP) is 3.65. The minimum absolute atomic E-state index is 0.290. The molecule has 1 aromatic rings. The number of hydrogen-bond acceptors (Lipinski definition) is 3. The van der Waals surface area contributed by atoms with E-state index < -0.39 is 6.10 Å². The number of amides is 1. The van der Waals surface area contributed by atoms with Gasteiger partial charge in [0.1, 0.15) is 5.75 Å². The van der Waals surface area contributed by atoms with Crippen LogP contribution in [0.2, 0.25) is 10.0 Å². The van der Waals surface area contributed by atoms with Crippen LogP contribution >= 0.6 is 35.4 Å². The summed E-state index contributed by atoms with van der Waals surface area (Å²) in [7, 11) is 0. The lowest BCUT2D eigenvalue weighted by Crippen LogP contribution is -2.48. The van der Waals surface area contributed by atoms with Gasteiger partial charge in [-0.1, -0.05) is 23.2 Å². The van der Waals surface area contributed by atoms with Gasteiger partial charge in [-0.15, -0.1) is 0 Å². The number of thiocarbonyl (C=S) groups is 1. The lowest BCUT2D eigenvalue weighted by Gasteiger charge is -2.29. The average molecular weight is 361 g/mol. The van der Waals surface area contributed by atoms with E-state index >= 15 is 0 Å². The minimum Gasteiger partial charge on any atom is -0.479 e. The van der Waals surface area contributed by atoms with E-state index in [9.17, 15) is 4.79 Å². The Morgan fingerprint density at radius 3 is 2.64 bits per heavy atom. The van der Waals surface area contributed by atoms with Crippen molar-refractivity contribution in [2.45, 2.75) is 32.3 Å². The number of nitrogens with one attached hydrogen (secondary N) is 1. The molecule has 0 bridgehead atoms. The lowest BCUT2D eigenvalue weighted by atomic mass is 10.1. The second kappa shape index (κ2) is 7.99. The van der Waals surface area contributed by atoms with Crippen molar-refractivity contribution in [2.75, 3.05) is 13.1 Å². The van der Waals surface area contributed by atoms with Crippen LogP contribution in [-0.2, 0) is 4.79 Å². The molecule has 1 amide bonds. The number of carbonyl (C=O) groups is 1. The summed E-state index contributed by atoms with van der Waals surface area (Å²) in [6.45, 7) is 3.42. The van der Waals surface area contributed by atoms with Crippen LogP contribution in [0.5, 0.6) is 5.75 Å². The standard InChI is InChI=1S/C15H18Cl2N2O2S/c1-10(21-13-6-5-11(16)9-12(13)17)14(20)18-15(22)19-7-3-2-4-8-19/h5-6,9-10H,2-4,7-8H2,1H3,(H,18,20,22). The highest BCUT2D eigenvalue weighted by molar-refractivity contribution is 7.80. The smallest absolute Gasteiger partial charge is 0.266 e. The first-order chi connectivity index (χ1) is 10.5. The Kier molecular flexibility index (Phi) is 6.29. The van der Waals surface area contributed by atoms with Crippen molar-refractivity contribution in [1.82, 2.24) is 10.2 Å². The Morgan fingerprint density at radius 2 is 2.00 bits per heavy atom. The van der Waals surface area contributed by atoms with Gasteiger partial charge in [-0.05, 0) is 56.6 Å². The quantitative estimate of drug-likeness (QED) is 0.835. The second-order valence-corrected chi connectivity index (χ2v) is 6.41. The molecular weight excluding hydrogens is 343 g/mol. The van der Waals surface area contributed by atoms with Crippen molar-refractivity contribution in [3.63, 3.8) is 0 Å². The third kappa shape index (κ3) is 4.73. The fraction of sp³-hybridized carbons (Fsp3) is 0.467. The average Bonchev–Trinajstić information content (AvgIpc) is 2.50.